The molecular weight excluding hydrogens is 206 g/mol. The Bertz CT molecular complexity index is 214. The molecule has 0 aromatic carbocycles. The van der Waals surface area contributed by atoms with E-state index in [4.69, 9.17) is 5.11 Å². The number of aliphatic hydroxyl groups excluding tert-OH is 1. The number of aliphatic hydroxyl groups is 1. The highest BCUT2D eigenvalue weighted by Crippen LogP contribution is 1.98. The van der Waals surface area contributed by atoms with Gasteiger partial charge in [-0.25, -0.2) is 4.79 Å². The summed E-state index contributed by atoms with van der Waals surface area (Å²) in [4.78, 5) is 11.0. The summed E-state index contributed by atoms with van der Waals surface area (Å²) >= 11 is 0. The molecule has 0 aliphatic heterocycles. The first kappa shape index (κ1) is 15.1. The molecule has 2 N–H and O–H groups in total. The minimum absolute atomic E-state index is 0.273. The molecule has 16 heavy (non-hydrogen) atoms. The molecule has 0 spiro atoms. The molecule has 0 atom stereocenters. The number of rotatable bonds is 9. The van der Waals surface area contributed by atoms with Crippen molar-refractivity contribution in [2.75, 3.05) is 26.8 Å². The van der Waals surface area contributed by atoms with Crippen LogP contribution in [-0.2, 0) is 9.53 Å². The van der Waals surface area contributed by atoms with Gasteiger partial charge in [-0.05, 0) is 26.3 Å². The first-order valence-electron chi connectivity index (χ1n) is 5.79. The topological polar surface area (TPSA) is 58.6 Å². The van der Waals surface area contributed by atoms with Crippen molar-refractivity contribution >= 4 is 5.97 Å². The lowest BCUT2D eigenvalue weighted by Crippen LogP contribution is -2.16. The normalized spacial score (nSPS) is 11.6. The molecule has 0 radical (unpaired) electrons. The van der Waals surface area contributed by atoms with E-state index in [-0.39, 0.29) is 12.6 Å². The third-order valence-corrected chi connectivity index (χ3v) is 2.32. The maximum Gasteiger partial charge on any atom is 0.333 e. The Morgan fingerprint density at radius 1 is 1.31 bits per heavy atom. The van der Waals surface area contributed by atoms with Crippen molar-refractivity contribution in [2.45, 2.75) is 32.6 Å². The van der Waals surface area contributed by atoms with E-state index in [1.807, 2.05) is 6.08 Å². The van der Waals surface area contributed by atoms with Gasteiger partial charge in [-0.3, -0.25) is 0 Å². The van der Waals surface area contributed by atoms with Crippen LogP contribution in [0.4, 0.5) is 0 Å². The molecule has 0 heterocycles. The highest BCUT2D eigenvalue weighted by atomic mass is 16.5. The van der Waals surface area contributed by atoms with Crippen LogP contribution in [0.5, 0.6) is 0 Å². The van der Waals surface area contributed by atoms with Gasteiger partial charge in [0, 0.05) is 18.7 Å². The van der Waals surface area contributed by atoms with E-state index in [9.17, 15) is 4.79 Å². The monoisotopic (exact) mass is 229 g/mol. The number of esters is 1. The number of carbonyl (C=O) groups excluding carboxylic acids is 1. The lowest BCUT2D eigenvalue weighted by Gasteiger charge is -2.02. The Labute approximate surface area is 97.7 Å². The fourth-order valence-electron chi connectivity index (χ4n) is 1.29. The van der Waals surface area contributed by atoms with E-state index in [2.05, 4.69) is 10.1 Å². The number of hydrogen-bond donors (Lipinski definition) is 2. The van der Waals surface area contributed by atoms with Gasteiger partial charge >= 0.3 is 5.97 Å². The molecule has 0 rings (SSSR count). The molecule has 0 saturated heterocycles. The van der Waals surface area contributed by atoms with Crippen molar-refractivity contribution in [3.05, 3.63) is 11.6 Å². The van der Waals surface area contributed by atoms with Crippen LogP contribution in [0, 0.1) is 0 Å². The van der Waals surface area contributed by atoms with Gasteiger partial charge in [0.2, 0.25) is 0 Å². The van der Waals surface area contributed by atoms with Gasteiger partial charge in [0.15, 0.2) is 0 Å². The SMILES string of the molecule is COC(=O)C(C)=CCNCCCCCCO. The average molecular weight is 229 g/mol. The first-order valence-corrected chi connectivity index (χ1v) is 5.79. The average Bonchev–Trinajstić information content (AvgIpc) is 2.31. The van der Waals surface area contributed by atoms with Crippen molar-refractivity contribution in [1.82, 2.24) is 5.32 Å². The lowest BCUT2D eigenvalue weighted by molar-refractivity contribution is -0.136. The van der Waals surface area contributed by atoms with E-state index in [0.29, 0.717) is 12.1 Å². The molecule has 0 saturated carbocycles. The highest BCUT2D eigenvalue weighted by molar-refractivity contribution is 5.87. The smallest absolute Gasteiger partial charge is 0.333 e. The van der Waals surface area contributed by atoms with Crippen LogP contribution in [0.1, 0.15) is 32.6 Å². The molecule has 4 heteroatoms. The zero-order chi connectivity index (χ0) is 12.2. The molecule has 0 unspecified atom stereocenters. The van der Waals surface area contributed by atoms with Crippen molar-refractivity contribution in [1.29, 1.82) is 0 Å². The zero-order valence-electron chi connectivity index (χ0n) is 10.3. The summed E-state index contributed by atoms with van der Waals surface area (Å²) in [5.74, 6) is -0.273. The van der Waals surface area contributed by atoms with Crippen molar-refractivity contribution < 1.29 is 14.6 Å². The minimum Gasteiger partial charge on any atom is -0.466 e. The number of ether oxygens (including phenoxy) is 1. The van der Waals surface area contributed by atoms with Crippen LogP contribution in [0.2, 0.25) is 0 Å². The van der Waals surface area contributed by atoms with Crippen LogP contribution in [0.25, 0.3) is 0 Å². The lowest BCUT2D eigenvalue weighted by atomic mass is 10.2. The zero-order valence-corrected chi connectivity index (χ0v) is 10.3. The maximum absolute atomic E-state index is 11.0. The summed E-state index contributed by atoms with van der Waals surface area (Å²) in [5.41, 5.74) is 0.635. The van der Waals surface area contributed by atoms with Gasteiger partial charge in [0.05, 0.1) is 7.11 Å². The molecule has 0 aliphatic carbocycles. The summed E-state index contributed by atoms with van der Waals surface area (Å²) < 4.78 is 4.58. The van der Waals surface area contributed by atoms with Crippen molar-refractivity contribution in [3.63, 3.8) is 0 Å². The second-order valence-corrected chi connectivity index (χ2v) is 3.72. The quantitative estimate of drug-likeness (QED) is 0.355. The van der Waals surface area contributed by atoms with E-state index in [0.717, 1.165) is 32.2 Å². The van der Waals surface area contributed by atoms with Crippen LogP contribution in [0.15, 0.2) is 11.6 Å². The number of nitrogens with one attached hydrogen (secondary N) is 1. The molecule has 0 bridgehead atoms. The molecule has 4 nitrogen and oxygen atoms in total. The van der Waals surface area contributed by atoms with Crippen LogP contribution < -0.4 is 5.32 Å². The van der Waals surface area contributed by atoms with Gasteiger partial charge in [-0.15, -0.1) is 0 Å². The fraction of sp³-hybridized carbons (Fsp3) is 0.750. The maximum atomic E-state index is 11.0. The minimum atomic E-state index is -0.273. The van der Waals surface area contributed by atoms with Gasteiger partial charge in [-0.2, -0.15) is 0 Å². The van der Waals surface area contributed by atoms with Crippen LogP contribution in [-0.4, -0.2) is 37.9 Å². The predicted molar refractivity (Wildman–Crippen MR) is 64.2 cm³/mol. The molecule has 0 aromatic heterocycles. The Morgan fingerprint density at radius 3 is 2.62 bits per heavy atom. The summed E-state index contributed by atoms with van der Waals surface area (Å²) in [6, 6.07) is 0. The number of carbonyl (C=O) groups is 1. The van der Waals surface area contributed by atoms with E-state index in [1.165, 1.54) is 7.11 Å². The van der Waals surface area contributed by atoms with Crippen molar-refractivity contribution in [3.8, 4) is 0 Å². The van der Waals surface area contributed by atoms with Gasteiger partial charge in [-0.1, -0.05) is 18.9 Å². The molecule has 0 fully saturated rings. The Morgan fingerprint density at radius 2 is 2.00 bits per heavy atom. The Kier molecular flexibility index (Phi) is 10.1. The number of hydrogen-bond acceptors (Lipinski definition) is 4. The standard InChI is InChI=1S/C12H23NO3/c1-11(12(15)16-2)7-9-13-8-5-3-4-6-10-14/h7,13-14H,3-6,8-10H2,1-2H3. The molecule has 0 aliphatic rings. The predicted octanol–water partition coefficient (Wildman–Crippen LogP) is 1.25. The van der Waals surface area contributed by atoms with Gasteiger partial charge < -0.3 is 15.2 Å². The Balaban J connectivity index is 3.35. The van der Waals surface area contributed by atoms with E-state index < -0.39 is 0 Å². The summed E-state index contributed by atoms with van der Waals surface area (Å²) in [6.07, 6.45) is 6.04. The molecular formula is C12H23NO3. The number of methoxy groups -OCH3 is 1. The van der Waals surface area contributed by atoms with E-state index >= 15 is 0 Å². The van der Waals surface area contributed by atoms with Crippen LogP contribution >= 0.6 is 0 Å². The Hall–Kier alpha value is -0.870. The third-order valence-electron chi connectivity index (χ3n) is 2.32. The van der Waals surface area contributed by atoms with Gasteiger partial charge in [0.25, 0.3) is 0 Å². The molecule has 94 valence electrons. The van der Waals surface area contributed by atoms with Gasteiger partial charge in [0.1, 0.15) is 0 Å². The second kappa shape index (κ2) is 10.6. The van der Waals surface area contributed by atoms with E-state index in [1.54, 1.807) is 6.92 Å². The summed E-state index contributed by atoms with van der Waals surface area (Å²) in [5, 5.41) is 11.8. The van der Waals surface area contributed by atoms with Crippen molar-refractivity contribution in [2.24, 2.45) is 0 Å². The fourth-order valence-corrected chi connectivity index (χ4v) is 1.29. The molecule has 0 amide bonds. The third kappa shape index (κ3) is 8.44. The largest absolute Gasteiger partial charge is 0.466 e. The molecule has 0 aromatic rings. The summed E-state index contributed by atoms with van der Waals surface area (Å²) in [6.45, 7) is 3.67. The number of unbranched alkanes of at least 4 members (excludes halogenated alkanes) is 3. The first-order chi connectivity index (χ1) is 7.72. The second-order valence-electron chi connectivity index (χ2n) is 3.72. The summed E-state index contributed by atoms with van der Waals surface area (Å²) in [7, 11) is 1.38. The highest BCUT2D eigenvalue weighted by Gasteiger charge is 2.00. The van der Waals surface area contributed by atoms with Crippen LogP contribution in [0.3, 0.4) is 0 Å².